The van der Waals surface area contributed by atoms with Gasteiger partial charge in [0.05, 0.1) is 17.1 Å². The van der Waals surface area contributed by atoms with Crippen molar-refractivity contribution in [2.45, 2.75) is 46.0 Å². The number of rotatable bonds is 7. The lowest BCUT2D eigenvalue weighted by atomic mass is 9.98. The quantitative estimate of drug-likeness (QED) is 0.754. The Morgan fingerprint density at radius 3 is 2.63 bits per heavy atom. The molecule has 0 aliphatic heterocycles. The van der Waals surface area contributed by atoms with Crippen LogP contribution >= 0.6 is 11.3 Å². The van der Waals surface area contributed by atoms with Gasteiger partial charge in [0.1, 0.15) is 0 Å². The van der Waals surface area contributed by atoms with Gasteiger partial charge in [-0.3, -0.25) is 4.79 Å². The first-order chi connectivity index (χ1) is 8.93. The van der Waals surface area contributed by atoms with Gasteiger partial charge in [0, 0.05) is 23.9 Å². The Balaban J connectivity index is 2.30. The van der Waals surface area contributed by atoms with Crippen molar-refractivity contribution in [3.05, 3.63) is 16.1 Å². The normalized spacial score (nSPS) is 11.6. The Bertz CT molecular complexity index is 396. The van der Waals surface area contributed by atoms with Crippen LogP contribution in [0.2, 0.25) is 0 Å². The summed E-state index contributed by atoms with van der Waals surface area (Å²) in [5, 5.41) is 9.22. The summed E-state index contributed by atoms with van der Waals surface area (Å²) in [7, 11) is 0. The Labute approximate surface area is 120 Å². The van der Waals surface area contributed by atoms with Crippen molar-refractivity contribution in [3.63, 3.8) is 0 Å². The predicted molar refractivity (Wildman–Crippen MR) is 80.7 cm³/mol. The maximum atomic E-state index is 11.7. The minimum absolute atomic E-state index is 0.0454. The third kappa shape index (κ3) is 6.16. The first-order valence-electron chi connectivity index (χ1n) is 6.85. The van der Waals surface area contributed by atoms with Gasteiger partial charge >= 0.3 is 0 Å². The van der Waals surface area contributed by atoms with Crippen molar-refractivity contribution >= 4 is 17.2 Å². The van der Waals surface area contributed by atoms with Crippen LogP contribution in [0.5, 0.6) is 0 Å². The molecular weight excluding hydrogens is 258 g/mol. The summed E-state index contributed by atoms with van der Waals surface area (Å²) in [6, 6.07) is 0. The molecule has 108 valence electrons. The number of amides is 1. The number of thiazole rings is 1. The minimum atomic E-state index is 0.0454. The van der Waals surface area contributed by atoms with Crippen LogP contribution in [0.3, 0.4) is 0 Å². The Hall–Kier alpha value is -0.940. The number of carbonyl (C=O) groups excluding carboxylic acids is 1. The highest BCUT2D eigenvalue weighted by atomic mass is 32.1. The van der Waals surface area contributed by atoms with Gasteiger partial charge < -0.3 is 10.6 Å². The van der Waals surface area contributed by atoms with Gasteiger partial charge in [0.2, 0.25) is 5.91 Å². The van der Waals surface area contributed by atoms with E-state index in [9.17, 15) is 4.79 Å². The van der Waals surface area contributed by atoms with E-state index >= 15 is 0 Å². The fourth-order valence-corrected chi connectivity index (χ4v) is 2.46. The Morgan fingerprint density at radius 2 is 2.05 bits per heavy atom. The van der Waals surface area contributed by atoms with Crippen LogP contribution in [0.1, 0.15) is 44.8 Å². The fourth-order valence-electron chi connectivity index (χ4n) is 1.55. The number of hydrogen-bond acceptors (Lipinski definition) is 4. The molecule has 0 unspecified atom stereocenters. The average molecular weight is 283 g/mol. The van der Waals surface area contributed by atoms with Crippen LogP contribution in [0.4, 0.5) is 0 Å². The summed E-state index contributed by atoms with van der Waals surface area (Å²) in [4.78, 5) is 16.3. The van der Waals surface area contributed by atoms with Crippen molar-refractivity contribution in [3.8, 4) is 0 Å². The second-order valence-corrected chi connectivity index (χ2v) is 6.53. The topological polar surface area (TPSA) is 54.0 Å². The first kappa shape index (κ1) is 16.1. The summed E-state index contributed by atoms with van der Waals surface area (Å²) in [6.45, 7) is 11.0. The summed E-state index contributed by atoms with van der Waals surface area (Å²) in [6.07, 6.45) is 1.49. The van der Waals surface area contributed by atoms with E-state index in [-0.39, 0.29) is 11.3 Å². The molecule has 1 amide bonds. The number of nitrogens with zero attached hydrogens (tertiary/aromatic N) is 1. The van der Waals surface area contributed by atoms with E-state index in [0.717, 1.165) is 30.2 Å². The first-order valence-corrected chi connectivity index (χ1v) is 7.73. The summed E-state index contributed by atoms with van der Waals surface area (Å²) < 4.78 is 0. The lowest BCUT2D eigenvalue weighted by Crippen LogP contribution is -2.33. The molecule has 0 radical (unpaired) electrons. The molecule has 2 N–H and O–H groups in total. The third-order valence-electron chi connectivity index (χ3n) is 2.59. The maximum Gasteiger partial charge on any atom is 0.226 e. The summed E-state index contributed by atoms with van der Waals surface area (Å²) >= 11 is 1.63. The second-order valence-electron chi connectivity index (χ2n) is 5.67. The highest BCUT2D eigenvalue weighted by Crippen LogP contribution is 2.25. The van der Waals surface area contributed by atoms with Crippen LogP contribution in [0.15, 0.2) is 5.38 Å². The minimum Gasteiger partial charge on any atom is -0.354 e. The van der Waals surface area contributed by atoms with Crippen LogP contribution < -0.4 is 10.6 Å². The predicted octanol–water partition coefficient (Wildman–Crippen LogP) is 2.10. The molecule has 0 saturated carbocycles. The molecule has 0 aliphatic rings. The van der Waals surface area contributed by atoms with Crippen LogP contribution in [0.25, 0.3) is 0 Å². The van der Waals surface area contributed by atoms with Gasteiger partial charge in [-0.1, -0.05) is 27.7 Å². The van der Waals surface area contributed by atoms with Crippen molar-refractivity contribution < 1.29 is 4.79 Å². The number of carbonyl (C=O) groups is 1. The molecule has 1 aromatic heterocycles. The van der Waals surface area contributed by atoms with Gasteiger partial charge in [0.25, 0.3) is 0 Å². The second kappa shape index (κ2) is 7.60. The number of nitrogens with one attached hydrogen (secondary N) is 2. The molecule has 1 rings (SSSR count). The molecule has 1 aromatic rings. The highest BCUT2D eigenvalue weighted by molar-refractivity contribution is 7.09. The zero-order valence-electron chi connectivity index (χ0n) is 12.4. The van der Waals surface area contributed by atoms with Gasteiger partial charge in [-0.25, -0.2) is 4.98 Å². The molecule has 1 heterocycles. The van der Waals surface area contributed by atoms with Crippen LogP contribution in [-0.2, 0) is 16.6 Å². The molecule has 4 nitrogen and oxygen atoms in total. The SMILES string of the molecule is CCCNCCNC(=O)Cc1csc(C(C)(C)C)n1. The van der Waals surface area contributed by atoms with E-state index in [4.69, 9.17) is 0 Å². The standard InChI is InChI=1S/C14H25N3OS/c1-5-6-15-7-8-16-12(18)9-11-10-19-13(17-11)14(2,3)4/h10,15H,5-9H2,1-4H3,(H,16,18). The summed E-state index contributed by atoms with van der Waals surface area (Å²) in [5.41, 5.74) is 0.928. The Morgan fingerprint density at radius 1 is 1.32 bits per heavy atom. The van der Waals surface area contributed by atoms with E-state index < -0.39 is 0 Å². The van der Waals surface area contributed by atoms with Gasteiger partial charge in [-0.2, -0.15) is 0 Å². The zero-order chi connectivity index (χ0) is 14.3. The zero-order valence-corrected chi connectivity index (χ0v) is 13.2. The lowest BCUT2D eigenvalue weighted by Gasteiger charge is -2.13. The largest absolute Gasteiger partial charge is 0.354 e. The Kier molecular flexibility index (Phi) is 6.45. The maximum absolute atomic E-state index is 11.7. The fraction of sp³-hybridized carbons (Fsp3) is 0.714. The average Bonchev–Trinajstić information content (AvgIpc) is 2.77. The van der Waals surface area contributed by atoms with E-state index in [0.29, 0.717) is 13.0 Å². The molecule has 19 heavy (non-hydrogen) atoms. The third-order valence-corrected chi connectivity index (χ3v) is 3.90. The van der Waals surface area contributed by atoms with Gasteiger partial charge in [0.15, 0.2) is 0 Å². The molecule has 0 fully saturated rings. The summed E-state index contributed by atoms with van der Waals surface area (Å²) in [5.74, 6) is 0.0454. The number of aromatic nitrogens is 1. The van der Waals surface area contributed by atoms with Crippen molar-refractivity contribution in [2.24, 2.45) is 0 Å². The molecule has 5 heteroatoms. The van der Waals surface area contributed by atoms with E-state index in [1.165, 1.54) is 0 Å². The molecule has 0 saturated heterocycles. The highest BCUT2D eigenvalue weighted by Gasteiger charge is 2.18. The van der Waals surface area contributed by atoms with Crippen LogP contribution in [0, 0.1) is 0 Å². The number of hydrogen-bond donors (Lipinski definition) is 2. The smallest absolute Gasteiger partial charge is 0.226 e. The van der Waals surface area contributed by atoms with Crippen molar-refractivity contribution in [2.75, 3.05) is 19.6 Å². The molecule has 0 aliphatic carbocycles. The molecular formula is C14H25N3OS. The van der Waals surface area contributed by atoms with Gasteiger partial charge in [-0.15, -0.1) is 11.3 Å². The monoisotopic (exact) mass is 283 g/mol. The molecule has 0 spiro atoms. The van der Waals surface area contributed by atoms with E-state index in [1.54, 1.807) is 11.3 Å². The van der Waals surface area contributed by atoms with Gasteiger partial charge in [-0.05, 0) is 13.0 Å². The van der Waals surface area contributed by atoms with Crippen LogP contribution in [-0.4, -0.2) is 30.5 Å². The lowest BCUT2D eigenvalue weighted by molar-refractivity contribution is -0.120. The molecule has 0 aromatic carbocycles. The van der Waals surface area contributed by atoms with Crippen molar-refractivity contribution in [1.82, 2.24) is 15.6 Å². The van der Waals surface area contributed by atoms with Crippen molar-refractivity contribution in [1.29, 1.82) is 0 Å². The molecule has 0 atom stereocenters. The van der Waals surface area contributed by atoms with E-state index in [1.807, 2.05) is 5.38 Å². The molecule has 0 bridgehead atoms. The van der Waals surface area contributed by atoms with E-state index in [2.05, 4.69) is 43.3 Å².